The number of methoxy groups -OCH3 is 1. The van der Waals surface area contributed by atoms with Gasteiger partial charge in [-0.2, -0.15) is 0 Å². The smallest absolute Gasteiger partial charge is 0.326 e. The Kier molecular flexibility index (Phi) is 8.20. The number of carbonyl (C=O) groups is 4. The molecule has 0 bridgehead atoms. The molecular formula is C17H21FN2O6. The third kappa shape index (κ3) is 7.29. The van der Waals surface area contributed by atoms with Gasteiger partial charge >= 0.3 is 11.9 Å². The molecule has 26 heavy (non-hydrogen) atoms. The van der Waals surface area contributed by atoms with Gasteiger partial charge in [0.1, 0.15) is 17.9 Å². The summed E-state index contributed by atoms with van der Waals surface area (Å²) in [6.07, 6.45) is -0.379. The molecule has 0 heterocycles. The van der Waals surface area contributed by atoms with Crippen molar-refractivity contribution in [3.63, 3.8) is 0 Å². The lowest BCUT2D eigenvalue weighted by Gasteiger charge is -2.21. The van der Waals surface area contributed by atoms with Gasteiger partial charge in [0.2, 0.25) is 11.8 Å². The van der Waals surface area contributed by atoms with Crippen LogP contribution in [0.25, 0.3) is 0 Å². The molecular weight excluding hydrogens is 347 g/mol. The predicted octanol–water partition coefficient (Wildman–Crippen LogP) is 0.395. The summed E-state index contributed by atoms with van der Waals surface area (Å²) in [5, 5.41) is 13.9. The topological polar surface area (TPSA) is 122 Å². The van der Waals surface area contributed by atoms with E-state index in [0.29, 0.717) is 5.56 Å². The van der Waals surface area contributed by atoms with E-state index in [1.165, 1.54) is 32.2 Å². The molecule has 1 rings (SSSR count). The number of rotatable bonds is 9. The number of benzene rings is 1. The predicted molar refractivity (Wildman–Crippen MR) is 88.5 cm³/mol. The number of halogens is 1. The van der Waals surface area contributed by atoms with E-state index < -0.39 is 41.7 Å². The highest BCUT2D eigenvalue weighted by Gasteiger charge is 2.26. The monoisotopic (exact) mass is 368 g/mol. The molecule has 2 atom stereocenters. The Labute approximate surface area is 149 Å². The van der Waals surface area contributed by atoms with Crippen molar-refractivity contribution in [1.82, 2.24) is 10.6 Å². The zero-order valence-corrected chi connectivity index (χ0v) is 14.5. The van der Waals surface area contributed by atoms with Gasteiger partial charge < -0.3 is 20.5 Å². The van der Waals surface area contributed by atoms with Crippen molar-refractivity contribution in [2.45, 2.75) is 38.3 Å². The molecule has 0 aromatic heterocycles. The van der Waals surface area contributed by atoms with Crippen LogP contribution in [0, 0.1) is 5.82 Å². The summed E-state index contributed by atoms with van der Waals surface area (Å²) in [4.78, 5) is 46.2. The Morgan fingerprint density at radius 2 is 1.88 bits per heavy atom. The van der Waals surface area contributed by atoms with Gasteiger partial charge in [-0.05, 0) is 24.1 Å². The minimum atomic E-state index is -1.33. The lowest BCUT2D eigenvalue weighted by atomic mass is 10.0. The average molecular weight is 368 g/mol. The number of nitrogens with one attached hydrogen (secondary N) is 2. The molecule has 142 valence electrons. The molecule has 0 saturated heterocycles. The second kappa shape index (κ2) is 10.1. The van der Waals surface area contributed by atoms with Gasteiger partial charge in [0.25, 0.3) is 0 Å². The minimum Gasteiger partial charge on any atom is -0.480 e. The van der Waals surface area contributed by atoms with Crippen LogP contribution in [0.1, 0.15) is 25.3 Å². The molecule has 2 amide bonds. The zero-order valence-electron chi connectivity index (χ0n) is 14.5. The molecule has 0 aliphatic carbocycles. The summed E-state index contributed by atoms with van der Waals surface area (Å²) in [5.74, 6) is -3.67. The number of hydrogen-bond donors (Lipinski definition) is 3. The maximum Gasteiger partial charge on any atom is 0.326 e. The molecule has 1 aromatic rings. The van der Waals surface area contributed by atoms with Gasteiger partial charge in [0, 0.05) is 19.8 Å². The normalized spacial score (nSPS) is 12.6. The fourth-order valence-electron chi connectivity index (χ4n) is 2.25. The lowest BCUT2D eigenvalue weighted by molar-refractivity contribution is -0.144. The zero-order chi connectivity index (χ0) is 19.7. The number of ether oxygens (including phenoxy) is 1. The number of aliphatic carboxylic acids is 1. The molecule has 0 radical (unpaired) electrons. The second-order valence-corrected chi connectivity index (χ2v) is 5.60. The Morgan fingerprint density at radius 3 is 2.42 bits per heavy atom. The van der Waals surface area contributed by atoms with Gasteiger partial charge in [0.15, 0.2) is 0 Å². The van der Waals surface area contributed by atoms with Gasteiger partial charge in [-0.15, -0.1) is 0 Å². The van der Waals surface area contributed by atoms with Crippen LogP contribution in [0.4, 0.5) is 4.39 Å². The molecule has 0 fully saturated rings. The third-order valence-electron chi connectivity index (χ3n) is 3.50. The van der Waals surface area contributed by atoms with Crippen LogP contribution in [-0.4, -0.2) is 48.1 Å². The molecule has 0 saturated carbocycles. The van der Waals surface area contributed by atoms with E-state index in [1.807, 2.05) is 0 Å². The fraction of sp³-hybridized carbons (Fsp3) is 0.412. The molecule has 8 nitrogen and oxygen atoms in total. The molecule has 3 N–H and O–H groups in total. The summed E-state index contributed by atoms with van der Waals surface area (Å²) in [5.41, 5.74) is 0.459. The van der Waals surface area contributed by atoms with Gasteiger partial charge in [-0.3, -0.25) is 14.4 Å². The van der Waals surface area contributed by atoms with E-state index in [2.05, 4.69) is 15.4 Å². The highest BCUT2D eigenvalue weighted by atomic mass is 19.1. The van der Waals surface area contributed by atoms with E-state index in [1.54, 1.807) is 6.07 Å². The number of hydrogen-bond acceptors (Lipinski definition) is 5. The summed E-state index contributed by atoms with van der Waals surface area (Å²) < 4.78 is 17.7. The Morgan fingerprint density at radius 1 is 1.19 bits per heavy atom. The van der Waals surface area contributed by atoms with E-state index in [0.717, 1.165) is 0 Å². The Hall–Kier alpha value is -2.97. The summed E-state index contributed by atoms with van der Waals surface area (Å²) >= 11 is 0. The first kappa shape index (κ1) is 21.1. The van der Waals surface area contributed by atoms with Crippen molar-refractivity contribution in [2.75, 3.05) is 7.11 Å². The Bertz CT molecular complexity index is 679. The van der Waals surface area contributed by atoms with Crippen LogP contribution >= 0.6 is 0 Å². The van der Waals surface area contributed by atoms with Crippen molar-refractivity contribution in [3.8, 4) is 0 Å². The SMILES string of the molecule is COC(=O)CC[C@H](NC(=O)[C@H](Cc1cccc(F)c1)NC(C)=O)C(=O)O. The first-order valence-corrected chi connectivity index (χ1v) is 7.84. The third-order valence-corrected chi connectivity index (χ3v) is 3.50. The molecule has 0 aliphatic heterocycles. The molecule has 1 aromatic carbocycles. The van der Waals surface area contributed by atoms with E-state index in [4.69, 9.17) is 0 Å². The number of carboxylic acids is 1. The van der Waals surface area contributed by atoms with Crippen molar-refractivity contribution in [2.24, 2.45) is 0 Å². The summed E-state index contributed by atoms with van der Waals surface area (Å²) in [6, 6.07) is 3.08. The largest absolute Gasteiger partial charge is 0.480 e. The van der Waals surface area contributed by atoms with Crippen LogP contribution < -0.4 is 10.6 Å². The van der Waals surface area contributed by atoms with Crippen LogP contribution in [-0.2, 0) is 30.3 Å². The maximum atomic E-state index is 13.3. The van der Waals surface area contributed by atoms with E-state index in [9.17, 15) is 28.7 Å². The highest BCUT2D eigenvalue weighted by molar-refractivity contribution is 5.90. The Balaban J connectivity index is 2.83. The standard InChI is InChI=1S/C17H21FN2O6/c1-10(21)19-14(9-11-4-3-5-12(18)8-11)16(23)20-13(17(24)25)6-7-15(22)26-2/h3-5,8,13-14H,6-7,9H2,1-2H3,(H,19,21)(H,20,23)(H,24,25)/t13-,14-/m0/s1. The molecule has 0 spiro atoms. The van der Waals surface area contributed by atoms with Crippen LogP contribution in [0.5, 0.6) is 0 Å². The van der Waals surface area contributed by atoms with Crippen molar-refractivity contribution in [1.29, 1.82) is 0 Å². The lowest BCUT2D eigenvalue weighted by Crippen LogP contribution is -2.52. The first-order chi connectivity index (χ1) is 12.2. The number of esters is 1. The number of carboxylic acid groups (broad SMARTS) is 1. The van der Waals surface area contributed by atoms with Gasteiger partial charge in [-0.1, -0.05) is 12.1 Å². The van der Waals surface area contributed by atoms with Gasteiger partial charge in [0.05, 0.1) is 7.11 Å². The van der Waals surface area contributed by atoms with Crippen molar-refractivity contribution < 1.29 is 33.4 Å². The van der Waals surface area contributed by atoms with Crippen LogP contribution in [0.2, 0.25) is 0 Å². The molecule has 0 unspecified atom stereocenters. The van der Waals surface area contributed by atoms with Crippen LogP contribution in [0.3, 0.4) is 0 Å². The first-order valence-electron chi connectivity index (χ1n) is 7.84. The van der Waals surface area contributed by atoms with Crippen molar-refractivity contribution in [3.05, 3.63) is 35.6 Å². The number of carbonyl (C=O) groups excluding carboxylic acids is 3. The highest BCUT2D eigenvalue weighted by Crippen LogP contribution is 2.08. The maximum absolute atomic E-state index is 13.3. The quantitative estimate of drug-likeness (QED) is 0.542. The van der Waals surface area contributed by atoms with Crippen molar-refractivity contribution >= 4 is 23.8 Å². The molecule has 9 heteroatoms. The van der Waals surface area contributed by atoms with E-state index in [-0.39, 0.29) is 19.3 Å². The average Bonchev–Trinajstić information content (AvgIpc) is 2.56. The minimum absolute atomic E-state index is 0.0213. The van der Waals surface area contributed by atoms with Gasteiger partial charge in [-0.25, -0.2) is 9.18 Å². The second-order valence-electron chi connectivity index (χ2n) is 5.60. The van der Waals surface area contributed by atoms with E-state index >= 15 is 0 Å². The molecule has 0 aliphatic rings. The number of amides is 2. The summed E-state index contributed by atoms with van der Waals surface area (Å²) in [6.45, 7) is 1.21. The van der Waals surface area contributed by atoms with Crippen LogP contribution in [0.15, 0.2) is 24.3 Å². The summed E-state index contributed by atoms with van der Waals surface area (Å²) in [7, 11) is 1.17. The fourth-order valence-corrected chi connectivity index (χ4v) is 2.25.